The molecule has 0 N–H and O–H groups in total. The van der Waals surface area contributed by atoms with Gasteiger partial charge in [0, 0.05) is 4.70 Å². The zero-order valence-electron chi connectivity index (χ0n) is 9.29. The summed E-state index contributed by atoms with van der Waals surface area (Å²) in [6.07, 6.45) is 2.79. The maximum atomic E-state index is 2.38. The lowest BCUT2D eigenvalue weighted by molar-refractivity contribution is 0.282. The fraction of sp³-hybridized carbons (Fsp3) is 0.429. The van der Waals surface area contributed by atoms with Gasteiger partial charge < -0.3 is 0 Å². The normalized spacial score (nSPS) is 25.5. The Morgan fingerprint density at radius 2 is 2.07 bits per heavy atom. The van der Waals surface area contributed by atoms with Crippen molar-refractivity contribution in [2.75, 3.05) is 0 Å². The second-order valence-electron chi connectivity index (χ2n) is 4.80. The summed E-state index contributed by atoms with van der Waals surface area (Å²) in [5.41, 5.74) is 3.02. The van der Waals surface area contributed by atoms with Gasteiger partial charge in [-0.05, 0) is 59.6 Å². The third-order valence-corrected chi connectivity index (χ3v) is 4.85. The zero-order valence-corrected chi connectivity index (χ0v) is 10.1. The van der Waals surface area contributed by atoms with Crippen molar-refractivity contribution in [3.05, 3.63) is 34.7 Å². The van der Waals surface area contributed by atoms with Crippen LogP contribution in [0, 0.1) is 12.8 Å². The number of hydrogen-bond donors (Lipinski definition) is 0. The SMILES string of the molecule is Cc1ccc([C@H]2CCC2C)c2sccc12. The molecule has 0 saturated heterocycles. The molecule has 1 heteroatoms. The Hall–Kier alpha value is -0.820. The van der Waals surface area contributed by atoms with E-state index >= 15 is 0 Å². The van der Waals surface area contributed by atoms with E-state index in [-0.39, 0.29) is 0 Å². The van der Waals surface area contributed by atoms with Crippen LogP contribution in [0.3, 0.4) is 0 Å². The number of thiophene rings is 1. The van der Waals surface area contributed by atoms with Crippen molar-refractivity contribution >= 4 is 21.4 Å². The molecule has 0 nitrogen and oxygen atoms in total. The first-order valence-electron chi connectivity index (χ1n) is 5.74. The molecular weight excluding hydrogens is 200 g/mol. The van der Waals surface area contributed by atoms with Gasteiger partial charge in [-0.2, -0.15) is 0 Å². The van der Waals surface area contributed by atoms with E-state index in [1.807, 2.05) is 11.3 Å². The highest BCUT2D eigenvalue weighted by Crippen LogP contribution is 2.45. The molecular formula is C14H16S. The predicted octanol–water partition coefficient (Wildman–Crippen LogP) is 4.72. The first-order valence-corrected chi connectivity index (χ1v) is 6.62. The molecule has 0 amide bonds. The second kappa shape index (κ2) is 3.34. The van der Waals surface area contributed by atoms with Crippen LogP contribution in [-0.4, -0.2) is 0 Å². The number of fused-ring (bicyclic) bond motifs is 1. The summed E-state index contributed by atoms with van der Waals surface area (Å²) < 4.78 is 1.53. The number of hydrogen-bond acceptors (Lipinski definition) is 1. The molecule has 0 aliphatic heterocycles. The van der Waals surface area contributed by atoms with Crippen molar-refractivity contribution in [3.63, 3.8) is 0 Å². The van der Waals surface area contributed by atoms with Crippen LogP contribution in [0.5, 0.6) is 0 Å². The van der Waals surface area contributed by atoms with Gasteiger partial charge in [0.25, 0.3) is 0 Å². The molecule has 0 bridgehead atoms. The first kappa shape index (κ1) is 9.41. The number of aryl methyl sites for hydroxylation is 1. The quantitative estimate of drug-likeness (QED) is 0.647. The molecule has 1 aromatic heterocycles. The average Bonchev–Trinajstić information content (AvgIpc) is 2.69. The molecule has 78 valence electrons. The molecule has 15 heavy (non-hydrogen) atoms. The lowest BCUT2D eigenvalue weighted by atomic mass is 9.71. The summed E-state index contributed by atoms with van der Waals surface area (Å²) in [4.78, 5) is 0. The largest absolute Gasteiger partial charge is 0.144 e. The van der Waals surface area contributed by atoms with Crippen LogP contribution in [0.25, 0.3) is 10.1 Å². The third-order valence-electron chi connectivity index (χ3n) is 3.88. The molecule has 1 aliphatic carbocycles. The van der Waals surface area contributed by atoms with Crippen molar-refractivity contribution in [2.24, 2.45) is 5.92 Å². The van der Waals surface area contributed by atoms with E-state index in [9.17, 15) is 0 Å². The third kappa shape index (κ3) is 1.33. The molecule has 2 aromatic rings. The van der Waals surface area contributed by atoms with Crippen LogP contribution >= 0.6 is 11.3 Å². The first-order chi connectivity index (χ1) is 7.27. The minimum atomic E-state index is 0.826. The van der Waals surface area contributed by atoms with E-state index in [0.717, 1.165) is 11.8 Å². The summed E-state index contributed by atoms with van der Waals surface area (Å²) in [5.74, 6) is 1.71. The molecule has 3 rings (SSSR count). The number of rotatable bonds is 1. The smallest absolute Gasteiger partial charge is 0.0380 e. The summed E-state index contributed by atoms with van der Waals surface area (Å²) in [6.45, 7) is 4.59. The van der Waals surface area contributed by atoms with Crippen LogP contribution in [-0.2, 0) is 0 Å². The fourth-order valence-electron chi connectivity index (χ4n) is 2.64. The Morgan fingerprint density at radius 1 is 1.20 bits per heavy atom. The van der Waals surface area contributed by atoms with Crippen molar-refractivity contribution in [3.8, 4) is 0 Å². The Labute approximate surface area is 94.9 Å². The predicted molar refractivity (Wildman–Crippen MR) is 67.7 cm³/mol. The van der Waals surface area contributed by atoms with Crippen molar-refractivity contribution in [2.45, 2.75) is 32.6 Å². The van der Waals surface area contributed by atoms with Crippen LogP contribution in [0.1, 0.15) is 36.8 Å². The molecule has 0 radical (unpaired) electrons. The van der Waals surface area contributed by atoms with Crippen LogP contribution in [0.4, 0.5) is 0 Å². The van der Waals surface area contributed by atoms with Crippen molar-refractivity contribution in [1.82, 2.24) is 0 Å². The minimum absolute atomic E-state index is 0.826. The Balaban J connectivity index is 2.18. The van der Waals surface area contributed by atoms with Gasteiger partial charge in [0.2, 0.25) is 0 Å². The summed E-state index contributed by atoms with van der Waals surface area (Å²) in [6, 6.07) is 6.91. The number of benzene rings is 1. The van der Waals surface area contributed by atoms with Gasteiger partial charge in [-0.15, -0.1) is 11.3 Å². The fourth-order valence-corrected chi connectivity index (χ4v) is 3.70. The molecule has 1 saturated carbocycles. The Morgan fingerprint density at radius 3 is 2.73 bits per heavy atom. The van der Waals surface area contributed by atoms with Gasteiger partial charge in [-0.25, -0.2) is 0 Å². The lowest BCUT2D eigenvalue weighted by Gasteiger charge is -2.34. The molecule has 1 aromatic carbocycles. The van der Waals surface area contributed by atoms with Gasteiger partial charge in [-0.1, -0.05) is 19.1 Å². The van der Waals surface area contributed by atoms with Crippen molar-refractivity contribution in [1.29, 1.82) is 0 Å². The van der Waals surface area contributed by atoms with Crippen LogP contribution in [0.15, 0.2) is 23.6 Å². The van der Waals surface area contributed by atoms with E-state index in [2.05, 4.69) is 37.4 Å². The highest BCUT2D eigenvalue weighted by molar-refractivity contribution is 7.17. The minimum Gasteiger partial charge on any atom is -0.144 e. The van der Waals surface area contributed by atoms with Gasteiger partial charge in [0.05, 0.1) is 0 Å². The zero-order chi connectivity index (χ0) is 10.4. The van der Waals surface area contributed by atoms with Gasteiger partial charge in [-0.3, -0.25) is 0 Å². The van der Waals surface area contributed by atoms with E-state index in [1.165, 1.54) is 28.5 Å². The molecule has 1 heterocycles. The van der Waals surface area contributed by atoms with E-state index in [1.54, 1.807) is 5.56 Å². The molecule has 1 unspecified atom stereocenters. The summed E-state index contributed by atoms with van der Waals surface area (Å²) >= 11 is 1.91. The van der Waals surface area contributed by atoms with Crippen molar-refractivity contribution < 1.29 is 0 Å². The van der Waals surface area contributed by atoms with Gasteiger partial charge in [0.15, 0.2) is 0 Å². The van der Waals surface area contributed by atoms with Crippen LogP contribution in [0.2, 0.25) is 0 Å². The maximum Gasteiger partial charge on any atom is 0.0380 e. The molecule has 2 atom stereocenters. The van der Waals surface area contributed by atoms with E-state index in [0.29, 0.717) is 0 Å². The maximum absolute atomic E-state index is 2.38. The highest BCUT2D eigenvalue weighted by Gasteiger charge is 2.29. The van der Waals surface area contributed by atoms with E-state index in [4.69, 9.17) is 0 Å². The molecule has 1 fully saturated rings. The average molecular weight is 216 g/mol. The van der Waals surface area contributed by atoms with Gasteiger partial charge >= 0.3 is 0 Å². The van der Waals surface area contributed by atoms with Gasteiger partial charge in [0.1, 0.15) is 0 Å². The second-order valence-corrected chi connectivity index (χ2v) is 5.71. The Bertz CT molecular complexity index is 495. The summed E-state index contributed by atoms with van der Waals surface area (Å²) in [5, 5.41) is 3.70. The Kier molecular flexibility index (Phi) is 2.10. The highest BCUT2D eigenvalue weighted by atomic mass is 32.1. The van der Waals surface area contributed by atoms with Crippen LogP contribution < -0.4 is 0 Å². The molecule has 0 spiro atoms. The van der Waals surface area contributed by atoms with E-state index < -0.39 is 0 Å². The molecule has 1 aliphatic rings. The lowest BCUT2D eigenvalue weighted by Crippen LogP contribution is -2.20. The summed E-state index contributed by atoms with van der Waals surface area (Å²) in [7, 11) is 0. The standard InChI is InChI=1S/C14H16S/c1-9-3-5-11(9)13-6-4-10(2)12-7-8-15-14(12)13/h4,6-9,11H,3,5H2,1-2H3/t9?,11-/m0/s1. The topological polar surface area (TPSA) is 0 Å². The monoisotopic (exact) mass is 216 g/mol.